The first-order chi connectivity index (χ1) is 13.2. The number of aryl methyl sites for hydroxylation is 1. The van der Waals surface area contributed by atoms with Crippen molar-refractivity contribution >= 4 is 21.8 Å². The molecule has 2 amide bonds. The molecule has 28 heavy (non-hydrogen) atoms. The van der Waals surface area contributed by atoms with E-state index in [-0.39, 0.29) is 23.8 Å². The Bertz CT molecular complexity index is 806. The van der Waals surface area contributed by atoms with Gasteiger partial charge in [-0.1, -0.05) is 17.7 Å². The molecule has 2 fully saturated rings. The fourth-order valence-electron chi connectivity index (χ4n) is 3.99. The van der Waals surface area contributed by atoms with E-state index in [0.717, 1.165) is 11.8 Å². The molecule has 0 saturated carbocycles. The van der Waals surface area contributed by atoms with Gasteiger partial charge in [0.15, 0.2) is 0 Å². The number of hydrogen-bond acceptors (Lipinski definition) is 4. The third-order valence-corrected chi connectivity index (χ3v) is 6.38. The molecule has 7 nitrogen and oxygen atoms in total. The molecule has 2 aliphatic rings. The van der Waals surface area contributed by atoms with Crippen LogP contribution in [0.25, 0.3) is 0 Å². The Kier molecular flexibility index (Phi) is 6.40. The molecule has 0 spiro atoms. The molecule has 0 atom stereocenters. The van der Waals surface area contributed by atoms with E-state index in [9.17, 15) is 18.0 Å². The molecule has 1 aromatic rings. The number of nitrogens with zero attached hydrogens (tertiary/aromatic N) is 2. The maximum Gasteiger partial charge on any atom is 0.253 e. The summed E-state index contributed by atoms with van der Waals surface area (Å²) < 4.78 is 25.3. The van der Waals surface area contributed by atoms with E-state index in [0.29, 0.717) is 57.4 Å². The lowest BCUT2D eigenvalue weighted by molar-refractivity contribution is -0.138. The summed E-state index contributed by atoms with van der Waals surface area (Å²) in [4.78, 5) is 29.1. The van der Waals surface area contributed by atoms with Crippen molar-refractivity contribution in [3.63, 3.8) is 0 Å². The highest BCUT2D eigenvalue weighted by atomic mass is 32.2. The number of carbonyl (C=O) groups is 2. The first-order valence-corrected chi connectivity index (χ1v) is 11.7. The van der Waals surface area contributed by atoms with E-state index in [4.69, 9.17) is 0 Å². The molecule has 154 valence electrons. The largest absolute Gasteiger partial charge is 0.342 e. The van der Waals surface area contributed by atoms with Crippen LogP contribution in [-0.4, -0.2) is 68.5 Å². The number of amides is 2. The summed E-state index contributed by atoms with van der Waals surface area (Å²) in [7, 11) is -3.21. The van der Waals surface area contributed by atoms with Crippen molar-refractivity contribution in [3.05, 3.63) is 35.4 Å². The molecule has 8 heteroatoms. The third kappa shape index (κ3) is 5.32. The van der Waals surface area contributed by atoms with Crippen molar-refractivity contribution in [2.45, 2.75) is 38.6 Å². The standard InChI is InChI=1S/C20H29N3O4S/c1-15-3-5-16(6-4-15)19(24)22-11-7-17(8-12-22)20(25)23-13-9-18(10-14-23)21-28(2,26)27/h3-6,17-18,21H,7-14H2,1-2H3. The van der Waals surface area contributed by atoms with Gasteiger partial charge in [-0.3, -0.25) is 9.59 Å². The second-order valence-electron chi connectivity index (χ2n) is 7.92. The summed E-state index contributed by atoms with van der Waals surface area (Å²) in [6.07, 6.45) is 3.80. The van der Waals surface area contributed by atoms with Gasteiger partial charge in [0.1, 0.15) is 0 Å². The normalized spacial score (nSPS) is 19.6. The summed E-state index contributed by atoms with van der Waals surface area (Å²) in [5.41, 5.74) is 1.81. The van der Waals surface area contributed by atoms with E-state index < -0.39 is 10.0 Å². The number of rotatable bonds is 4. The summed E-state index contributed by atoms with van der Waals surface area (Å²) in [5.74, 6) is 0.111. The van der Waals surface area contributed by atoms with Gasteiger partial charge < -0.3 is 9.80 Å². The number of carbonyl (C=O) groups excluding carboxylic acids is 2. The predicted molar refractivity (Wildman–Crippen MR) is 107 cm³/mol. The molecule has 0 aromatic heterocycles. The smallest absolute Gasteiger partial charge is 0.253 e. The minimum atomic E-state index is -3.21. The van der Waals surface area contributed by atoms with Crippen LogP contribution in [0.4, 0.5) is 0 Å². The Morgan fingerprint density at radius 1 is 0.929 bits per heavy atom. The van der Waals surface area contributed by atoms with Crippen LogP contribution in [0.5, 0.6) is 0 Å². The first-order valence-electron chi connectivity index (χ1n) is 9.85. The minimum Gasteiger partial charge on any atom is -0.342 e. The predicted octanol–water partition coefficient (Wildman–Crippen LogP) is 1.39. The minimum absolute atomic E-state index is 0.0264. The van der Waals surface area contributed by atoms with Crippen LogP contribution in [0.2, 0.25) is 0 Å². The number of piperidine rings is 2. The molecule has 2 aliphatic heterocycles. The van der Waals surface area contributed by atoms with Gasteiger partial charge in [-0.25, -0.2) is 13.1 Å². The maximum absolute atomic E-state index is 12.8. The van der Waals surface area contributed by atoms with Crippen LogP contribution in [-0.2, 0) is 14.8 Å². The molecular weight excluding hydrogens is 378 g/mol. The van der Waals surface area contributed by atoms with Crippen molar-refractivity contribution in [3.8, 4) is 0 Å². The second-order valence-corrected chi connectivity index (χ2v) is 9.70. The van der Waals surface area contributed by atoms with Crippen LogP contribution in [0.15, 0.2) is 24.3 Å². The van der Waals surface area contributed by atoms with Gasteiger partial charge in [0.05, 0.1) is 6.26 Å². The van der Waals surface area contributed by atoms with Crippen LogP contribution in [0.3, 0.4) is 0 Å². The van der Waals surface area contributed by atoms with Gasteiger partial charge in [-0.05, 0) is 44.7 Å². The molecule has 2 saturated heterocycles. The SMILES string of the molecule is Cc1ccc(C(=O)N2CCC(C(=O)N3CCC(NS(C)(=O)=O)CC3)CC2)cc1. The second kappa shape index (κ2) is 8.61. The van der Waals surface area contributed by atoms with Gasteiger partial charge in [-0.2, -0.15) is 0 Å². The van der Waals surface area contributed by atoms with Crippen LogP contribution < -0.4 is 4.72 Å². The Hall–Kier alpha value is -1.93. The highest BCUT2D eigenvalue weighted by Gasteiger charge is 2.32. The van der Waals surface area contributed by atoms with E-state index in [2.05, 4.69) is 4.72 Å². The molecule has 0 unspecified atom stereocenters. The lowest BCUT2D eigenvalue weighted by atomic mass is 9.93. The van der Waals surface area contributed by atoms with E-state index in [1.165, 1.54) is 0 Å². The van der Waals surface area contributed by atoms with Crippen molar-refractivity contribution in [2.24, 2.45) is 5.92 Å². The summed E-state index contributed by atoms with van der Waals surface area (Å²) in [6.45, 7) is 4.33. The van der Waals surface area contributed by atoms with E-state index >= 15 is 0 Å². The lowest BCUT2D eigenvalue weighted by Crippen LogP contribution is -2.49. The van der Waals surface area contributed by atoms with Crippen molar-refractivity contribution < 1.29 is 18.0 Å². The molecule has 0 aliphatic carbocycles. The Labute approximate surface area is 167 Å². The topological polar surface area (TPSA) is 86.8 Å². The first kappa shape index (κ1) is 20.8. The highest BCUT2D eigenvalue weighted by Crippen LogP contribution is 2.23. The number of hydrogen-bond donors (Lipinski definition) is 1. The Balaban J connectivity index is 1.48. The average Bonchev–Trinajstić information content (AvgIpc) is 2.67. The number of benzene rings is 1. The van der Waals surface area contributed by atoms with Crippen LogP contribution in [0, 0.1) is 12.8 Å². The molecule has 0 bridgehead atoms. The molecule has 1 aromatic carbocycles. The van der Waals surface area contributed by atoms with E-state index in [1.807, 2.05) is 41.0 Å². The zero-order valence-corrected chi connectivity index (χ0v) is 17.4. The average molecular weight is 408 g/mol. The third-order valence-electron chi connectivity index (χ3n) is 5.62. The summed E-state index contributed by atoms with van der Waals surface area (Å²) in [5, 5.41) is 0. The number of sulfonamides is 1. The summed E-state index contributed by atoms with van der Waals surface area (Å²) in [6, 6.07) is 7.48. The fourth-order valence-corrected chi connectivity index (χ4v) is 4.83. The molecule has 0 radical (unpaired) electrons. The van der Waals surface area contributed by atoms with Gasteiger partial charge in [0.25, 0.3) is 5.91 Å². The van der Waals surface area contributed by atoms with Gasteiger partial charge in [0, 0.05) is 43.7 Å². The van der Waals surface area contributed by atoms with Gasteiger partial charge in [0.2, 0.25) is 15.9 Å². The monoisotopic (exact) mass is 407 g/mol. The zero-order valence-electron chi connectivity index (χ0n) is 16.6. The fraction of sp³-hybridized carbons (Fsp3) is 0.600. The molecule has 1 N–H and O–H groups in total. The maximum atomic E-state index is 12.8. The van der Waals surface area contributed by atoms with Gasteiger partial charge in [-0.15, -0.1) is 0 Å². The Morgan fingerprint density at radius 3 is 2.00 bits per heavy atom. The van der Waals surface area contributed by atoms with Crippen molar-refractivity contribution in [1.82, 2.24) is 14.5 Å². The quantitative estimate of drug-likeness (QED) is 0.817. The lowest BCUT2D eigenvalue weighted by Gasteiger charge is -2.37. The van der Waals surface area contributed by atoms with Crippen LogP contribution in [0.1, 0.15) is 41.6 Å². The number of nitrogens with one attached hydrogen (secondary N) is 1. The van der Waals surface area contributed by atoms with Gasteiger partial charge >= 0.3 is 0 Å². The zero-order chi connectivity index (χ0) is 20.3. The summed E-state index contributed by atoms with van der Waals surface area (Å²) >= 11 is 0. The highest BCUT2D eigenvalue weighted by molar-refractivity contribution is 7.88. The number of likely N-dealkylation sites (tertiary alicyclic amines) is 2. The van der Waals surface area contributed by atoms with Crippen molar-refractivity contribution in [2.75, 3.05) is 32.4 Å². The molecule has 2 heterocycles. The van der Waals surface area contributed by atoms with Crippen LogP contribution >= 0.6 is 0 Å². The van der Waals surface area contributed by atoms with Crippen molar-refractivity contribution in [1.29, 1.82) is 0 Å². The van der Waals surface area contributed by atoms with E-state index in [1.54, 1.807) is 0 Å². The Morgan fingerprint density at radius 2 is 1.46 bits per heavy atom. The molecule has 3 rings (SSSR count). The molecular formula is C20H29N3O4S.